The highest BCUT2D eigenvalue weighted by atomic mass is 16.4. The van der Waals surface area contributed by atoms with Gasteiger partial charge in [0, 0.05) is 6.08 Å². The molecule has 2 aliphatic carbocycles. The highest BCUT2D eigenvalue weighted by molar-refractivity contribution is 5.79. The van der Waals surface area contributed by atoms with Gasteiger partial charge in [0.15, 0.2) is 0 Å². The van der Waals surface area contributed by atoms with E-state index in [1.807, 2.05) is 6.08 Å². The molecule has 0 heterocycles. The third-order valence-electron chi connectivity index (χ3n) is 2.82. The Morgan fingerprint density at radius 3 is 2.75 bits per heavy atom. The molecule has 3 atom stereocenters. The van der Waals surface area contributed by atoms with E-state index in [4.69, 9.17) is 5.11 Å². The number of hydrogen-bond acceptors (Lipinski definition) is 1. The first-order valence-electron chi connectivity index (χ1n) is 4.35. The van der Waals surface area contributed by atoms with Crippen molar-refractivity contribution in [2.45, 2.75) is 12.8 Å². The fourth-order valence-electron chi connectivity index (χ4n) is 2.25. The van der Waals surface area contributed by atoms with E-state index in [1.165, 1.54) is 12.5 Å². The van der Waals surface area contributed by atoms with Crippen LogP contribution in [0.15, 0.2) is 24.3 Å². The standard InChI is InChI=1S/C10H12O2/c11-10(12)4-3-9-6-7-1-2-8(9)5-7/h1-4,7-9H,5-6H2,(H,11,12)/b4-3-/t7-,8-,9+/m0/s1. The zero-order chi connectivity index (χ0) is 8.55. The van der Waals surface area contributed by atoms with Gasteiger partial charge in [0.1, 0.15) is 0 Å². The van der Waals surface area contributed by atoms with Gasteiger partial charge >= 0.3 is 5.97 Å². The third-order valence-corrected chi connectivity index (χ3v) is 2.82. The summed E-state index contributed by atoms with van der Waals surface area (Å²) in [6.45, 7) is 0. The quantitative estimate of drug-likeness (QED) is 0.499. The molecule has 64 valence electrons. The van der Waals surface area contributed by atoms with Gasteiger partial charge in [-0.2, -0.15) is 0 Å². The van der Waals surface area contributed by atoms with Crippen LogP contribution in [0.1, 0.15) is 12.8 Å². The molecule has 2 aliphatic rings. The Bertz CT molecular complexity index is 253. The van der Waals surface area contributed by atoms with Gasteiger partial charge in [-0.05, 0) is 30.6 Å². The van der Waals surface area contributed by atoms with Crippen LogP contribution < -0.4 is 0 Å². The van der Waals surface area contributed by atoms with Gasteiger partial charge in [0.25, 0.3) is 0 Å². The van der Waals surface area contributed by atoms with E-state index in [-0.39, 0.29) is 0 Å². The zero-order valence-corrected chi connectivity index (χ0v) is 6.81. The van der Waals surface area contributed by atoms with E-state index in [0.717, 1.165) is 12.3 Å². The summed E-state index contributed by atoms with van der Waals surface area (Å²) < 4.78 is 0. The van der Waals surface area contributed by atoms with Crippen LogP contribution in [-0.4, -0.2) is 11.1 Å². The topological polar surface area (TPSA) is 37.3 Å². The van der Waals surface area contributed by atoms with Crippen molar-refractivity contribution in [2.75, 3.05) is 0 Å². The summed E-state index contributed by atoms with van der Waals surface area (Å²) >= 11 is 0. The molecular weight excluding hydrogens is 152 g/mol. The molecular formula is C10H12O2. The highest BCUT2D eigenvalue weighted by Gasteiger charge is 2.33. The first kappa shape index (κ1) is 7.59. The second kappa shape index (κ2) is 2.77. The molecule has 2 nitrogen and oxygen atoms in total. The Morgan fingerprint density at radius 2 is 2.25 bits per heavy atom. The average molecular weight is 164 g/mol. The van der Waals surface area contributed by atoms with E-state index >= 15 is 0 Å². The number of carboxylic acids is 1. The summed E-state index contributed by atoms with van der Waals surface area (Å²) in [7, 11) is 0. The average Bonchev–Trinajstić information content (AvgIpc) is 2.60. The Morgan fingerprint density at radius 1 is 1.42 bits per heavy atom. The lowest BCUT2D eigenvalue weighted by Crippen LogP contribution is -2.03. The molecule has 0 aromatic heterocycles. The predicted molar refractivity (Wildman–Crippen MR) is 45.6 cm³/mol. The lowest BCUT2D eigenvalue weighted by atomic mass is 9.93. The molecule has 2 rings (SSSR count). The molecule has 0 aliphatic heterocycles. The number of aliphatic carboxylic acids is 1. The molecule has 0 spiro atoms. The Kier molecular flexibility index (Phi) is 1.75. The Labute approximate surface area is 71.6 Å². The van der Waals surface area contributed by atoms with Crippen molar-refractivity contribution in [2.24, 2.45) is 17.8 Å². The monoisotopic (exact) mass is 164 g/mol. The van der Waals surface area contributed by atoms with E-state index in [9.17, 15) is 4.79 Å². The van der Waals surface area contributed by atoms with Crippen LogP contribution in [0.5, 0.6) is 0 Å². The highest BCUT2D eigenvalue weighted by Crippen LogP contribution is 2.43. The molecule has 1 saturated carbocycles. The number of allylic oxidation sites excluding steroid dienone is 3. The summed E-state index contributed by atoms with van der Waals surface area (Å²) in [4.78, 5) is 10.3. The first-order chi connectivity index (χ1) is 5.75. The molecule has 0 saturated heterocycles. The minimum Gasteiger partial charge on any atom is -0.478 e. The number of rotatable bonds is 2. The molecule has 0 aromatic rings. The molecule has 0 unspecified atom stereocenters. The second-order valence-electron chi connectivity index (χ2n) is 3.64. The second-order valence-corrected chi connectivity index (χ2v) is 3.64. The number of hydrogen-bond donors (Lipinski definition) is 1. The van der Waals surface area contributed by atoms with Gasteiger partial charge in [-0.1, -0.05) is 18.2 Å². The summed E-state index contributed by atoms with van der Waals surface area (Å²) in [5.41, 5.74) is 0. The Hall–Kier alpha value is -1.05. The van der Waals surface area contributed by atoms with Crippen molar-refractivity contribution in [1.82, 2.24) is 0 Å². The van der Waals surface area contributed by atoms with Gasteiger partial charge in [0.2, 0.25) is 0 Å². The molecule has 12 heavy (non-hydrogen) atoms. The molecule has 2 bridgehead atoms. The van der Waals surface area contributed by atoms with Crippen LogP contribution in [0.25, 0.3) is 0 Å². The SMILES string of the molecule is O=C(O)/C=C\[C@@H]1C[C@H]2C=C[C@H]1C2. The van der Waals surface area contributed by atoms with Crippen molar-refractivity contribution >= 4 is 5.97 Å². The van der Waals surface area contributed by atoms with Crippen LogP contribution in [0.4, 0.5) is 0 Å². The van der Waals surface area contributed by atoms with Crippen LogP contribution in [0, 0.1) is 17.8 Å². The van der Waals surface area contributed by atoms with Gasteiger partial charge in [0.05, 0.1) is 0 Å². The summed E-state index contributed by atoms with van der Waals surface area (Å²) in [5.74, 6) is 0.988. The lowest BCUT2D eigenvalue weighted by Gasteiger charge is -2.12. The molecule has 0 aromatic carbocycles. The first-order valence-corrected chi connectivity index (χ1v) is 4.35. The van der Waals surface area contributed by atoms with Crippen LogP contribution in [0.2, 0.25) is 0 Å². The smallest absolute Gasteiger partial charge is 0.327 e. The fraction of sp³-hybridized carbons (Fsp3) is 0.500. The number of carboxylic acid groups (broad SMARTS) is 1. The van der Waals surface area contributed by atoms with Gasteiger partial charge in [-0.3, -0.25) is 0 Å². The van der Waals surface area contributed by atoms with Crippen molar-refractivity contribution in [3.63, 3.8) is 0 Å². The summed E-state index contributed by atoms with van der Waals surface area (Å²) in [5, 5.41) is 8.44. The van der Waals surface area contributed by atoms with Gasteiger partial charge in [-0.25, -0.2) is 4.79 Å². The lowest BCUT2D eigenvalue weighted by molar-refractivity contribution is -0.131. The zero-order valence-electron chi connectivity index (χ0n) is 6.81. The van der Waals surface area contributed by atoms with E-state index < -0.39 is 5.97 Å². The maximum absolute atomic E-state index is 10.3. The fourth-order valence-corrected chi connectivity index (χ4v) is 2.25. The molecule has 0 radical (unpaired) electrons. The molecule has 1 N–H and O–H groups in total. The minimum absolute atomic E-state index is 0.482. The summed E-state index contributed by atoms with van der Waals surface area (Å²) in [6, 6.07) is 0. The van der Waals surface area contributed by atoms with E-state index in [0.29, 0.717) is 11.8 Å². The van der Waals surface area contributed by atoms with Crippen molar-refractivity contribution in [1.29, 1.82) is 0 Å². The van der Waals surface area contributed by atoms with Crippen LogP contribution in [0.3, 0.4) is 0 Å². The summed E-state index contributed by atoms with van der Waals surface area (Å²) in [6.07, 6.45) is 9.98. The van der Waals surface area contributed by atoms with Crippen LogP contribution in [-0.2, 0) is 4.79 Å². The predicted octanol–water partition coefficient (Wildman–Crippen LogP) is 1.84. The third kappa shape index (κ3) is 1.29. The molecule has 2 heteroatoms. The maximum atomic E-state index is 10.3. The molecule has 0 amide bonds. The van der Waals surface area contributed by atoms with Crippen LogP contribution >= 0.6 is 0 Å². The molecule has 1 fully saturated rings. The number of fused-ring (bicyclic) bond motifs is 2. The van der Waals surface area contributed by atoms with Crippen molar-refractivity contribution in [3.05, 3.63) is 24.3 Å². The van der Waals surface area contributed by atoms with Gasteiger partial charge < -0.3 is 5.11 Å². The Balaban J connectivity index is 1.99. The van der Waals surface area contributed by atoms with Crippen molar-refractivity contribution in [3.8, 4) is 0 Å². The normalized spacial score (nSPS) is 38.2. The van der Waals surface area contributed by atoms with Gasteiger partial charge in [-0.15, -0.1) is 0 Å². The minimum atomic E-state index is -0.832. The van der Waals surface area contributed by atoms with E-state index in [1.54, 1.807) is 0 Å². The van der Waals surface area contributed by atoms with E-state index in [2.05, 4.69) is 12.2 Å². The number of carbonyl (C=O) groups is 1. The van der Waals surface area contributed by atoms with Crippen molar-refractivity contribution < 1.29 is 9.90 Å². The maximum Gasteiger partial charge on any atom is 0.327 e. The largest absolute Gasteiger partial charge is 0.478 e.